The highest BCUT2D eigenvalue weighted by Crippen LogP contribution is 2.25. The number of anilines is 2. The van der Waals surface area contributed by atoms with E-state index >= 15 is 0 Å². The Kier molecular flexibility index (Phi) is 5.40. The van der Waals surface area contributed by atoms with E-state index in [1.54, 1.807) is 17.4 Å². The topological polar surface area (TPSA) is 117 Å². The zero-order valence-corrected chi connectivity index (χ0v) is 17.1. The van der Waals surface area contributed by atoms with Crippen LogP contribution in [0.4, 0.5) is 16.3 Å². The van der Waals surface area contributed by atoms with Crippen molar-refractivity contribution >= 4 is 44.8 Å². The van der Waals surface area contributed by atoms with Gasteiger partial charge in [-0.3, -0.25) is 10.7 Å². The number of aryl methyl sites for hydroxylation is 1. The van der Waals surface area contributed by atoms with Gasteiger partial charge in [0.2, 0.25) is 0 Å². The summed E-state index contributed by atoms with van der Waals surface area (Å²) in [5.41, 5.74) is 9.95. The first-order chi connectivity index (χ1) is 14.5. The highest BCUT2D eigenvalue weighted by atomic mass is 32.1. The van der Waals surface area contributed by atoms with Gasteiger partial charge in [0.05, 0.1) is 20.9 Å². The number of urea groups is 1. The molecule has 0 bridgehead atoms. The third-order valence-corrected chi connectivity index (χ3v) is 5.46. The number of rotatable bonds is 5. The molecular formula is C22H20N6OS. The summed E-state index contributed by atoms with van der Waals surface area (Å²) >= 11 is 1.59. The fourth-order valence-corrected chi connectivity index (χ4v) is 3.90. The second-order valence-corrected chi connectivity index (χ2v) is 7.98. The molecule has 4 rings (SSSR count). The Morgan fingerprint density at radius 2 is 1.97 bits per heavy atom. The molecule has 0 unspecified atom stereocenters. The van der Waals surface area contributed by atoms with Gasteiger partial charge in [-0.05, 0) is 24.6 Å². The van der Waals surface area contributed by atoms with Gasteiger partial charge < -0.3 is 11.1 Å². The number of carbonyl (C=O) groups excluding carboxylic acids is 1. The van der Waals surface area contributed by atoms with Gasteiger partial charge in [0.25, 0.3) is 0 Å². The molecule has 30 heavy (non-hydrogen) atoms. The molecule has 150 valence electrons. The normalized spacial score (nSPS) is 10.7. The third-order valence-electron chi connectivity index (χ3n) is 4.53. The standard InChI is InChI=1S/C22H20N6OS/c1-13-27-18-8-7-15(9-19(18)30-13)21(24)16-12-25-20(10-17(16)23)28-22(29)26-11-14-5-3-2-4-6-14/h2-10,12,24H,11H2,1H3,(H4,23,25,26,28,29). The molecule has 0 aliphatic rings. The number of hydrogen-bond acceptors (Lipinski definition) is 6. The molecular weight excluding hydrogens is 396 g/mol. The van der Waals surface area contributed by atoms with Gasteiger partial charge in [-0.25, -0.2) is 14.8 Å². The second kappa shape index (κ2) is 8.30. The van der Waals surface area contributed by atoms with Crippen LogP contribution in [0.25, 0.3) is 10.2 Å². The van der Waals surface area contributed by atoms with Crippen LogP contribution in [0.1, 0.15) is 21.7 Å². The quantitative estimate of drug-likeness (QED) is 0.362. The number of aromatic nitrogens is 2. The Morgan fingerprint density at radius 3 is 2.73 bits per heavy atom. The molecule has 0 saturated heterocycles. The fraction of sp³-hybridized carbons (Fsp3) is 0.0909. The van der Waals surface area contributed by atoms with Gasteiger partial charge >= 0.3 is 6.03 Å². The summed E-state index contributed by atoms with van der Waals surface area (Å²) < 4.78 is 1.02. The average molecular weight is 417 g/mol. The van der Waals surface area contributed by atoms with E-state index in [4.69, 9.17) is 11.1 Å². The number of hydrogen-bond donors (Lipinski definition) is 4. The molecule has 2 aromatic heterocycles. The van der Waals surface area contributed by atoms with Gasteiger partial charge in [-0.1, -0.05) is 36.4 Å². The first kappa shape index (κ1) is 19.5. The van der Waals surface area contributed by atoms with Gasteiger partial charge in [0, 0.05) is 35.6 Å². The SMILES string of the molecule is Cc1nc2ccc(C(=N)c3cnc(NC(=O)NCc4ccccc4)cc3N)cc2s1. The molecule has 7 nitrogen and oxygen atoms in total. The molecule has 0 spiro atoms. The molecule has 0 radical (unpaired) electrons. The van der Waals surface area contributed by atoms with E-state index in [2.05, 4.69) is 20.6 Å². The highest BCUT2D eigenvalue weighted by molar-refractivity contribution is 7.18. The van der Waals surface area contributed by atoms with Crippen molar-refractivity contribution in [2.24, 2.45) is 0 Å². The largest absolute Gasteiger partial charge is 0.398 e. The van der Waals surface area contributed by atoms with Crippen LogP contribution in [-0.2, 0) is 6.54 Å². The van der Waals surface area contributed by atoms with Crippen molar-refractivity contribution in [3.63, 3.8) is 0 Å². The minimum absolute atomic E-state index is 0.271. The Bertz CT molecular complexity index is 1240. The van der Waals surface area contributed by atoms with Gasteiger partial charge in [-0.15, -0.1) is 11.3 Å². The summed E-state index contributed by atoms with van der Waals surface area (Å²) in [5, 5.41) is 15.0. The lowest BCUT2D eigenvalue weighted by atomic mass is 10.0. The average Bonchev–Trinajstić information content (AvgIpc) is 3.12. The van der Waals surface area contributed by atoms with Crippen molar-refractivity contribution < 1.29 is 4.79 Å². The number of nitrogens with zero attached hydrogens (tertiary/aromatic N) is 2. The number of nitrogens with two attached hydrogens (primary N) is 1. The van der Waals surface area contributed by atoms with Crippen molar-refractivity contribution in [2.45, 2.75) is 13.5 Å². The maximum atomic E-state index is 12.1. The number of amides is 2. The number of carbonyl (C=O) groups is 1. The lowest BCUT2D eigenvalue weighted by Crippen LogP contribution is -2.28. The predicted molar refractivity (Wildman–Crippen MR) is 121 cm³/mol. The van der Waals surface area contributed by atoms with Gasteiger partial charge in [0.1, 0.15) is 5.82 Å². The minimum Gasteiger partial charge on any atom is -0.398 e. The van der Waals surface area contributed by atoms with E-state index in [0.29, 0.717) is 23.6 Å². The summed E-state index contributed by atoms with van der Waals surface area (Å²) in [6.45, 7) is 2.36. The van der Waals surface area contributed by atoms with E-state index in [1.165, 1.54) is 6.20 Å². The van der Waals surface area contributed by atoms with Crippen LogP contribution >= 0.6 is 11.3 Å². The number of thiazole rings is 1. The molecule has 0 fully saturated rings. The van der Waals surface area contributed by atoms with Crippen LogP contribution in [0, 0.1) is 12.3 Å². The van der Waals surface area contributed by atoms with Crippen molar-refractivity contribution in [1.29, 1.82) is 5.41 Å². The molecule has 2 amide bonds. The van der Waals surface area contributed by atoms with Crippen LogP contribution in [-0.4, -0.2) is 21.7 Å². The predicted octanol–water partition coefficient (Wildman–Crippen LogP) is 4.32. The minimum atomic E-state index is -0.375. The van der Waals surface area contributed by atoms with Crippen LogP contribution in [0.5, 0.6) is 0 Å². The van der Waals surface area contributed by atoms with E-state index in [9.17, 15) is 4.79 Å². The number of benzene rings is 2. The third kappa shape index (κ3) is 4.28. The van der Waals surface area contributed by atoms with Crippen LogP contribution in [0.2, 0.25) is 0 Å². The Balaban J connectivity index is 1.45. The molecule has 4 aromatic rings. The van der Waals surface area contributed by atoms with E-state index in [-0.39, 0.29) is 11.7 Å². The first-order valence-corrected chi connectivity index (χ1v) is 10.1. The Morgan fingerprint density at radius 1 is 1.17 bits per heavy atom. The second-order valence-electron chi connectivity index (χ2n) is 6.74. The maximum absolute atomic E-state index is 12.1. The smallest absolute Gasteiger partial charge is 0.320 e. The molecule has 2 aromatic carbocycles. The summed E-state index contributed by atoms with van der Waals surface area (Å²) in [4.78, 5) is 20.8. The van der Waals surface area contributed by atoms with Crippen molar-refractivity contribution in [2.75, 3.05) is 11.1 Å². The van der Waals surface area contributed by atoms with Crippen LogP contribution < -0.4 is 16.4 Å². The zero-order chi connectivity index (χ0) is 21.1. The maximum Gasteiger partial charge on any atom is 0.320 e. The molecule has 5 N–H and O–H groups in total. The number of nitrogen functional groups attached to an aromatic ring is 1. The van der Waals surface area contributed by atoms with E-state index < -0.39 is 0 Å². The Hall–Kier alpha value is -3.78. The van der Waals surface area contributed by atoms with Crippen LogP contribution in [0.3, 0.4) is 0 Å². The lowest BCUT2D eigenvalue weighted by molar-refractivity contribution is 0.251. The zero-order valence-electron chi connectivity index (χ0n) is 16.3. The molecule has 0 atom stereocenters. The van der Waals surface area contributed by atoms with Crippen molar-refractivity contribution in [3.8, 4) is 0 Å². The molecule has 2 heterocycles. The van der Waals surface area contributed by atoms with Gasteiger partial charge in [-0.2, -0.15) is 0 Å². The van der Waals surface area contributed by atoms with Crippen LogP contribution in [0.15, 0.2) is 60.8 Å². The number of pyridine rings is 1. The molecule has 0 saturated carbocycles. The van der Waals surface area contributed by atoms with E-state index in [1.807, 2.05) is 55.5 Å². The first-order valence-electron chi connectivity index (χ1n) is 9.30. The van der Waals surface area contributed by atoms with Gasteiger partial charge in [0.15, 0.2) is 0 Å². The summed E-state index contributed by atoms with van der Waals surface area (Å²) in [6, 6.07) is 16.5. The summed E-state index contributed by atoms with van der Waals surface area (Å²) in [6.07, 6.45) is 1.51. The lowest BCUT2D eigenvalue weighted by Gasteiger charge is -2.11. The molecule has 8 heteroatoms. The summed E-state index contributed by atoms with van der Waals surface area (Å²) in [7, 11) is 0. The highest BCUT2D eigenvalue weighted by Gasteiger charge is 2.13. The fourth-order valence-electron chi connectivity index (χ4n) is 3.04. The Labute approximate surface area is 177 Å². The number of nitrogens with one attached hydrogen (secondary N) is 3. The van der Waals surface area contributed by atoms with Crippen molar-refractivity contribution in [3.05, 3.63) is 82.5 Å². The molecule has 0 aliphatic carbocycles. The monoisotopic (exact) mass is 416 g/mol. The summed E-state index contributed by atoms with van der Waals surface area (Å²) in [5.74, 6) is 0.322. The molecule has 0 aliphatic heterocycles. The van der Waals surface area contributed by atoms with E-state index in [0.717, 1.165) is 26.4 Å². The number of fused-ring (bicyclic) bond motifs is 1. The van der Waals surface area contributed by atoms with Crippen molar-refractivity contribution in [1.82, 2.24) is 15.3 Å².